The van der Waals surface area contributed by atoms with Crippen molar-refractivity contribution in [3.63, 3.8) is 0 Å². The maximum Gasteiger partial charge on any atom is 0.360 e. The summed E-state index contributed by atoms with van der Waals surface area (Å²) in [5, 5.41) is 11.0. The molecule has 8 nitrogen and oxygen atoms in total. The number of esters is 1. The van der Waals surface area contributed by atoms with E-state index < -0.39 is 17.6 Å². The monoisotopic (exact) mass is 413 g/mol. The molecule has 2 aromatic heterocycles. The molecule has 0 bridgehead atoms. The van der Waals surface area contributed by atoms with Gasteiger partial charge in [-0.1, -0.05) is 12.1 Å². The summed E-state index contributed by atoms with van der Waals surface area (Å²) in [7, 11) is 2.68. The number of rotatable bonds is 7. The molecule has 3 rings (SSSR count). The Labute approximate surface area is 171 Å². The van der Waals surface area contributed by atoms with Crippen LogP contribution in [0.5, 0.6) is 5.75 Å². The summed E-state index contributed by atoms with van der Waals surface area (Å²) in [5.74, 6) is -2.53. The average molecular weight is 413 g/mol. The minimum atomic E-state index is -0.842. The third-order valence-electron chi connectivity index (χ3n) is 4.57. The van der Waals surface area contributed by atoms with Gasteiger partial charge in [0.05, 0.1) is 19.4 Å². The van der Waals surface area contributed by atoms with E-state index in [-0.39, 0.29) is 29.1 Å². The van der Waals surface area contributed by atoms with E-state index >= 15 is 0 Å². The van der Waals surface area contributed by atoms with Gasteiger partial charge in [0.15, 0.2) is 11.4 Å². The van der Waals surface area contributed by atoms with Crippen LogP contribution in [0.25, 0.3) is 10.9 Å². The van der Waals surface area contributed by atoms with Gasteiger partial charge in [0.1, 0.15) is 17.0 Å². The van der Waals surface area contributed by atoms with Gasteiger partial charge in [0, 0.05) is 18.9 Å². The number of hydrogen-bond donors (Lipinski definition) is 2. The fourth-order valence-corrected chi connectivity index (χ4v) is 3.11. The number of pyridine rings is 2. The van der Waals surface area contributed by atoms with Crippen LogP contribution in [0.2, 0.25) is 0 Å². The first kappa shape index (κ1) is 21.1. The fraction of sp³-hybridized carbons (Fsp3) is 0.238. The largest absolute Gasteiger partial charge is 0.504 e. The number of nitrogens with two attached hydrogens (primary N) is 1. The van der Waals surface area contributed by atoms with Gasteiger partial charge in [-0.05, 0) is 35.7 Å². The maximum absolute atomic E-state index is 13.2. The molecule has 0 aliphatic rings. The minimum absolute atomic E-state index is 0.00755. The van der Waals surface area contributed by atoms with Crippen LogP contribution in [0.3, 0.4) is 0 Å². The van der Waals surface area contributed by atoms with E-state index in [1.165, 1.54) is 19.2 Å². The summed E-state index contributed by atoms with van der Waals surface area (Å²) in [5.41, 5.74) is 6.79. The van der Waals surface area contributed by atoms with Crippen LogP contribution in [0, 0.1) is 5.82 Å². The smallest absolute Gasteiger partial charge is 0.360 e. The molecule has 9 heteroatoms. The van der Waals surface area contributed by atoms with Crippen LogP contribution in [-0.2, 0) is 22.3 Å². The highest BCUT2D eigenvalue weighted by Crippen LogP contribution is 2.31. The van der Waals surface area contributed by atoms with Crippen molar-refractivity contribution in [2.75, 3.05) is 20.8 Å². The van der Waals surface area contributed by atoms with Gasteiger partial charge >= 0.3 is 5.97 Å². The zero-order valence-electron chi connectivity index (χ0n) is 16.4. The first-order valence-corrected chi connectivity index (χ1v) is 9.02. The molecule has 1 aromatic carbocycles. The number of halogens is 1. The van der Waals surface area contributed by atoms with Gasteiger partial charge in [-0.25, -0.2) is 19.2 Å². The number of amides is 1. The van der Waals surface area contributed by atoms with Crippen molar-refractivity contribution in [3.8, 4) is 5.75 Å². The second-order valence-corrected chi connectivity index (χ2v) is 6.55. The van der Waals surface area contributed by atoms with E-state index in [2.05, 4.69) is 14.7 Å². The standard InChI is InChI=1S/C21H20FN3O5/c1-29-8-7-15-14-10-12(9-11-3-5-13(22)6-4-11)16(20(23)27)25-17(14)19(26)18(24-15)21(28)30-2/h3-6,10,26H,7-9H2,1-2H3,(H2,23,27). The third-order valence-corrected chi connectivity index (χ3v) is 4.57. The van der Waals surface area contributed by atoms with E-state index in [1.807, 2.05) is 0 Å². The summed E-state index contributed by atoms with van der Waals surface area (Å²) in [6.07, 6.45) is 0.579. The molecular weight excluding hydrogens is 393 g/mol. The minimum Gasteiger partial charge on any atom is -0.504 e. The van der Waals surface area contributed by atoms with Crippen molar-refractivity contribution < 1.29 is 28.6 Å². The molecular formula is C21H20FN3O5. The number of methoxy groups -OCH3 is 2. The van der Waals surface area contributed by atoms with Gasteiger partial charge in [0.25, 0.3) is 5.91 Å². The number of benzene rings is 1. The zero-order chi connectivity index (χ0) is 21.8. The number of primary amides is 1. The first-order chi connectivity index (χ1) is 14.3. The molecule has 3 aromatic rings. The van der Waals surface area contributed by atoms with Gasteiger partial charge < -0.3 is 20.3 Å². The molecule has 1 amide bonds. The van der Waals surface area contributed by atoms with E-state index in [1.54, 1.807) is 18.2 Å². The van der Waals surface area contributed by atoms with Crippen molar-refractivity contribution >= 4 is 22.8 Å². The second-order valence-electron chi connectivity index (χ2n) is 6.55. The van der Waals surface area contributed by atoms with Gasteiger partial charge in [-0.2, -0.15) is 0 Å². The summed E-state index contributed by atoms with van der Waals surface area (Å²) < 4.78 is 23.0. The Morgan fingerprint density at radius 1 is 1.13 bits per heavy atom. The second kappa shape index (κ2) is 8.83. The maximum atomic E-state index is 13.2. The van der Waals surface area contributed by atoms with Crippen LogP contribution < -0.4 is 5.73 Å². The Hall–Kier alpha value is -3.59. The molecule has 0 aliphatic heterocycles. The molecule has 0 fully saturated rings. The Morgan fingerprint density at radius 3 is 2.43 bits per heavy atom. The molecule has 0 aliphatic carbocycles. The van der Waals surface area contributed by atoms with E-state index in [4.69, 9.17) is 10.5 Å². The Bertz CT molecular complexity index is 1120. The number of aromatic hydroxyl groups is 1. The Morgan fingerprint density at radius 2 is 1.83 bits per heavy atom. The van der Waals surface area contributed by atoms with Crippen molar-refractivity contribution in [1.82, 2.24) is 9.97 Å². The molecule has 0 atom stereocenters. The molecule has 156 valence electrons. The predicted octanol–water partition coefficient (Wildman–Crippen LogP) is 2.14. The lowest BCUT2D eigenvalue weighted by atomic mass is 9.99. The average Bonchev–Trinajstić information content (AvgIpc) is 2.74. The van der Waals surface area contributed by atoms with Crippen molar-refractivity contribution in [3.05, 3.63) is 64.4 Å². The number of fused-ring (bicyclic) bond motifs is 1. The quantitative estimate of drug-likeness (QED) is 0.569. The predicted molar refractivity (Wildman–Crippen MR) is 106 cm³/mol. The normalized spacial score (nSPS) is 10.9. The summed E-state index contributed by atoms with van der Waals surface area (Å²) in [4.78, 5) is 32.6. The molecule has 0 saturated carbocycles. The number of aromatic nitrogens is 2. The van der Waals surface area contributed by atoms with Gasteiger partial charge in [-0.3, -0.25) is 4.79 Å². The van der Waals surface area contributed by atoms with Gasteiger partial charge in [0.2, 0.25) is 0 Å². The number of ether oxygens (including phenoxy) is 2. The van der Waals surface area contributed by atoms with Crippen LogP contribution in [0.15, 0.2) is 30.3 Å². The van der Waals surface area contributed by atoms with Crippen LogP contribution >= 0.6 is 0 Å². The zero-order valence-corrected chi connectivity index (χ0v) is 16.4. The Kier molecular flexibility index (Phi) is 6.22. The molecule has 3 N–H and O–H groups in total. The lowest BCUT2D eigenvalue weighted by Gasteiger charge is -2.14. The summed E-state index contributed by atoms with van der Waals surface area (Å²) in [6, 6.07) is 7.45. The van der Waals surface area contributed by atoms with Crippen LogP contribution in [0.1, 0.15) is 37.8 Å². The molecule has 2 heterocycles. The lowest BCUT2D eigenvalue weighted by Crippen LogP contribution is -2.17. The third kappa shape index (κ3) is 4.20. The summed E-state index contributed by atoms with van der Waals surface area (Å²) >= 11 is 0. The van der Waals surface area contributed by atoms with Gasteiger partial charge in [-0.15, -0.1) is 0 Å². The highest BCUT2D eigenvalue weighted by Gasteiger charge is 2.23. The van der Waals surface area contributed by atoms with Crippen LogP contribution in [0.4, 0.5) is 4.39 Å². The van der Waals surface area contributed by atoms with Crippen molar-refractivity contribution in [2.45, 2.75) is 12.8 Å². The highest BCUT2D eigenvalue weighted by molar-refractivity contribution is 6.01. The number of carbonyl (C=O) groups excluding carboxylic acids is 2. The SMILES string of the molecule is COCCc1nc(C(=O)OC)c(O)c2nc(C(N)=O)c(Cc3ccc(F)cc3)cc12. The fourth-order valence-electron chi connectivity index (χ4n) is 3.11. The summed E-state index contributed by atoms with van der Waals surface area (Å²) in [6.45, 7) is 0.304. The first-order valence-electron chi connectivity index (χ1n) is 9.02. The van der Waals surface area contributed by atoms with Crippen molar-refractivity contribution in [2.24, 2.45) is 5.73 Å². The lowest BCUT2D eigenvalue weighted by molar-refractivity contribution is 0.0590. The molecule has 30 heavy (non-hydrogen) atoms. The Balaban J connectivity index is 2.24. The topological polar surface area (TPSA) is 125 Å². The molecule has 0 spiro atoms. The number of hydrogen-bond acceptors (Lipinski definition) is 7. The molecule has 0 radical (unpaired) electrons. The number of carbonyl (C=O) groups is 2. The number of nitrogens with zero attached hydrogens (tertiary/aromatic N) is 2. The van der Waals surface area contributed by atoms with E-state index in [0.717, 1.165) is 12.7 Å². The molecule has 0 unspecified atom stereocenters. The molecule has 0 saturated heterocycles. The van der Waals surface area contributed by atoms with Crippen molar-refractivity contribution in [1.29, 1.82) is 0 Å². The van der Waals surface area contributed by atoms with E-state index in [0.29, 0.717) is 29.7 Å². The highest BCUT2D eigenvalue weighted by atomic mass is 19.1. The van der Waals surface area contributed by atoms with Crippen LogP contribution in [-0.4, -0.2) is 47.8 Å². The van der Waals surface area contributed by atoms with E-state index in [9.17, 15) is 19.1 Å².